The molecule has 2 saturated carbocycles. The number of carbonyl (C=O) groups is 4. The standard InChI is InChI=1S/C32H32N6O5/c39-26-9-4-18-3-7-24(34-29(18)26)23-15-37(36-28(23)17-1-2-17)20-11-16(12-20)14-33-19-5-6-21-22(13-19)32(43)38(31(21)42)25-8-10-27(40)35-30(25)41/h3,5-7,13,15-17,20,25-26,33,39H,1-2,4,8-12,14H2,(H,35,40,41). The van der Waals surface area contributed by atoms with Crippen molar-refractivity contribution in [3.05, 3.63) is 64.6 Å². The van der Waals surface area contributed by atoms with Crippen LogP contribution in [0.4, 0.5) is 5.69 Å². The molecule has 3 fully saturated rings. The SMILES string of the molecule is O=C1CCC(N2C(=O)c3ccc(NCC4CC(n5cc(-c6ccc7c(n6)C(O)CC7)c(C6CC6)n5)C4)cc3C2=O)C(=O)N1. The monoisotopic (exact) mass is 580 g/mol. The van der Waals surface area contributed by atoms with Crippen LogP contribution in [0, 0.1) is 5.92 Å². The quantitative estimate of drug-likeness (QED) is 0.361. The second-order valence-corrected chi connectivity index (χ2v) is 12.6. The molecule has 0 spiro atoms. The fourth-order valence-electron chi connectivity index (χ4n) is 6.96. The smallest absolute Gasteiger partial charge is 0.262 e. The number of hydrogen-bond donors (Lipinski definition) is 3. The number of carbonyl (C=O) groups excluding carboxylic acids is 4. The van der Waals surface area contributed by atoms with Gasteiger partial charge in [0.1, 0.15) is 6.04 Å². The highest BCUT2D eigenvalue weighted by atomic mass is 16.3. The molecule has 0 radical (unpaired) electrons. The van der Waals surface area contributed by atoms with Gasteiger partial charge in [-0.2, -0.15) is 5.10 Å². The Hall–Kier alpha value is -4.38. The van der Waals surface area contributed by atoms with Gasteiger partial charge in [-0.05, 0) is 80.7 Å². The van der Waals surface area contributed by atoms with Crippen LogP contribution in [0.2, 0.25) is 0 Å². The van der Waals surface area contributed by atoms with Crippen LogP contribution in [0.1, 0.15) is 101 Å². The summed E-state index contributed by atoms with van der Waals surface area (Å²) < 4.78 is 2.11. The molecule has 5 aliphatic rings. The lowest BCUT2D eigenvalue weighted by atomic mass is 9.80. The predicted octanol–water partition coefficient (Wildman–Crippen LogP) is 3.27. The number of hydrogen-bond acceptors (Lipinski definition) is 8. The van der Waals surface area contributed by atoms with E-state index in [0.29, 0.717) is 17.9 Å². The Kier molecular flexibility index (Phi) is 6.01. The molecular weight excluding hydrogens is 548 g/mol. The first-order chi connectivity index (χ1) is 20.8. The topological polar surface area (TPSA) is 147 Å². The summed E-state index contributed by atoms with van der Waals surface area (Å²) in [6, 6.07) is 8.60. The highest BCUT2D eigenvalue weighted by Crippen LogP contribution is 2.46. The van der Waals surface area contributed by atoms with Crippen molar-refractivity contribution in [3.63, 3.8) is 0 Å². The minimum absolute atomic E-state index is 0.0930. The number of benzene rings is 1. The van der Waals surface area contributed by atoms with Gasteiger partial charge in [0.25, 0.3) is 11.8 Å². The summed E-state index contributed by atoms with van der Waals surface area (Å²) in [4.78, 5) is 55.8. The van der Waals surface area contributed by atoms with Crippen LogP contribution in [0.25, 0.3) is 11.3 Å². The third-order valence-electron chi connectivity index (χ3n) is 9.64. The molecule has 43 heavy (non-hydrogen) atoms. The van der Waals surface area contributed by atoms with E-state index in [0.717, 1.165) is 83.9 Å². The van der Waals surface area contributed by atoms with Gasteiger partial charge in [0.2, 0.25) is 11.8 Å². The van der Waals surface area contributed by atoms with Gasteiger partial charge in [0.15, 0.2) is 0 Å². The van der Waals surface area contributed by atoms with E-state index < -0.39 is 35.8 Å². The van der Waals surface area contributed by atoms with Crippen LogP contribution in [0.5, 0.6) is 0 Å². The van der Waals surface area contributed by atoms with Crippen LogP contribution in [0.3, 0.4) is 0 Å². The Morgan fingerprint density at radius 1 is 0.907 bits per heavy atom. The van der Waals surface area contributed by atoms with E-state index in [1.54, 1.807) is 18.2 Å². The molecule has 2 aliphatic heterocycles. The van der Waals surface area contributed by atoms with Crippen molar-refractivity contribution in [2.75, 3.05) is 11.9 Å². The van der Waals surface area contributed by atoms with E-state index in [1.807, 2.05) is 0 Å². The zero-order chi connectivity index (χ0) is 29.4. The summed E-state index contributed by atoms with van der Waals surface area (Å²) in [6.45, 7) is 0.724. The first kappa shape index (κ1) is 26.3. The van der Waals surface area contributed by atoms with Crippen molar-refractivity contribution in [2.24, 2.45) is 5.92 Å². The van der Waals surface area contributed by atoms with Crippen LogP contribution >= 0.6 is 0 Å². The largest absolute Gasteiger partial charge is 0.387 e. The number of pyridine rings is 1. The highest BCUT2D eigenvalue weighted by molar-refractivity contribution is 6.23. The minimum Gasteiger partial charge on any atom is -0.387 e. The summed E-state index contributed by atoms with van der Waals surface area (Å²) >= 11 is 0. The van der Waals surface area contributed by atoms with Gasteiger partial charge >= 0.3 is 0 Å². The number of nitrogens with zero attached hydrogens (tertiary/aromatic N) is 4. The summed E-state index contributed by atoms with van der Waals surface area (Å²) in [7, 11) is 0. The van der Waals surface area contributed by atoms with Crippen molar-refractivity contribution in [1.82, 2.24) is 25.0 Å². The third-order valence-corrected chi connectivity index (χ3v) is 9.64. The lowest BCUT2D eigenvalue weighted by Gasteiger charge is -2.35. The number of nitrogens with one attached hydrogen (secondary N) is 2. The molecule has 4 heterocycles. The molecule has 4 amide bonds. The number of fused-ring (bicyclic) bond motifs is 2. The molecular formula is C32H32N6O5. The predicted molar refractivity (Wildman–Crippen MR) is 154 cm³/mol. The maximum absolute atomic E-state index is 13.1. The molecule has 3 aromatic rings. The zero-order valence-corrected chi connectivity index (χ0v) is 23.6. The summed E-state index contributed by atoms with van der Waals surface area (Å²) in [6.07, 6.45) is 7.73. The highest BCUT2D eigenvalue weighted by Gasteiger charge is 2.44. The molecule has 1 aromatic carbocycles. The molecule has 2 atom stereocenters. The normalized spacial score (nSPS) is 26.3. The number of amides is 4. The van der Waals surface area contributed by atoms with E-state index in [4.69, 9.17) is 10.1 Å². The van der Waals surface area contributed by atoms with E-state index in [9.17, 15) is 24.3 Å². The Bertz CT molecular complexity index is 1700. The van der Waals surface area contributed by atoms with Crippen molar-refractivity contribution in [2.45, 2.75) is 75.5 Å². The summed E-state index contributed by atoms with van der Waals surface area (Å²) in [5.41, 5.74) is 6.33. The lowest BCUT2D eigenvalue weighted by Crippen LogP contribution is -2.54. The average molecular weight is 581 g/mol. The van der Waals surface area contributed by atoms with Gasteiger partial charge in [-0.3, -0.25) is 34.1 Å². The molecule has 1 saturated heterocycles. The Balaban J connectivity index is 0.918. The van der Waals surface area contributed by atoms with Crippen LogP contribution in [-0.2, 0) is 16.0 Å². The molecule has 3 aliphatic carbocycles. The Morgan fingerprint density at radius 3 is 2.51 bits per heavy atom. The molecule has 2 unspecified atom stereocenters. The van der Waals surface area contributed by atoms with Gasteiger partial charge in [0.05, 0.1) is 40.4 Å². The van der Waals surface area contributed by atoms with Gasteiger partial charge in [-0.15, -0.1) is 0 Å². The lowest BCUT2D eigenvalue weighted by molar-refractivity contribution is -0.136. The van der Waals surface area contributed by atoms with Gasteiger partial charge in [-0.1, -0.05) is 6.07 Å². The van der Waals surface area contributed by atoms with Crippen molar-refractivity contribution >= 4 is 29.3 Å². The summed E-state index contributed by atoms with van der Waals surface area (Å²) in [5.74, 6) is -1.10. The maximum atomic E-state index is 13.1. The number of aryl methyl sites for hydroxylation is 1. The van der Waals surface area contributed by atoms with Gasteiger partial charge in [0, 0.05) is 36.3 Å². The molecule has 11 nitrogen and oxygen atoms in total. The number of rotatable bonds is 7. The second kappa shape index (κ2) is 9.84. The fourth-order valence-corrected chi connectivity index (χ4v) is 6.96. The third kappa shape index (κ3) is 4.45. The first-order valence-corrected chi connectivity index (χ1v) is 15.2. The minimum atomic E-state index is -0.971. The Morgan fingerprint density at radius 2 is 1.72 bits per heavy atom. The van der Waals surface area contributed by atoms with Gasteiger partial charge in [-0.25, -0.2) is 4.98 Å². The van der Waals surface area contributed by atoms with Crippen LogP contribution in [-0.4, -0.2) is 61.0 Å². The van der Waals surface area contributed by atoms with Crippen molar-refractivity contribution < 1.29 is 24.3 Å². The fraction of sp³-hybridized carbons (Fsp3) is 0.438. The van der Waals surface area contributed by atoms with Crippen molar-refractivity contribution in [1.29, 1.82) is 0 Å². The second-order valence-electron chi connectivity index (χ2n) is 12.6. The van der Waals surface area contributed by atoms with E-state index in [1.165, 1.54) is 0 Å². The molecule has 11 heteroatoms. The van der Waals surface area contributed by atoms with E-state index in [-0.39, 0.29) is 24.0 Å². The van der Waals surface area contributed by atoms with Crippen LogP contribution < -0.4 is 10.6 Å². The number of aliphatic hydroxyl groups is 1. The Labute approximate surface area is 247 Å². The molecule has 3 N–H and O–H groups in total. The van der Waals surface area contributed by atoms with E-state index in [2.05, 4.69) is 33.6 Å². The number of imide groups is 2. The zero-order valence-electron chi connectivity index (χ0n) is 23.6. The summed E-state index contributed by atoms with van der Waals surface area (Å²) in [5, 5.41) is 21.0. The van der Waals surface area contributed by atoms with E-state index >= 15 is 0 Å². The number of anilines is 1. The molecule has 2 aromatic heterocycles. The number of piperidine rings is 1. The number of aliphatic hydroxyl groups excluding tert-OH is 1. The first-order valence-electron chi connectivity index (χ1n) is 15.2. The van der Waals surface area contributed by atoms with Crippen LogP contribution in [0.15, 0.2) is 36.5 Å². The maximum Gasteiger partial charge on any atom is 0.262 e. The number of aromatic nitrogens is 3. The molecule has 220 valence electrons. The molecule has 0 bridgehead atoms. The molecule has 8 rings (SSSR count). The van der Waals surface area contributed by atoms with Gasteiger partial charge < -0.3 is 10.4 Å². The van der Waals surface area contributed by atoms with Crippen molar-refractivity contribution in [3.8, 4) is 11.3 Å². The average Bonchev–Trinajstić information content (AvgIpc) is 3.56.